The fourth-order valence-electron chi connectivity index (χ4n) is 2.93. The lowest BCUT2D eigenvalue weighted by molar-refractivity contribution is 0.102. The molecular formula is C22H20Cl2N2O3S2. The van der Waals surface area contributed by atoms with Crippen LogP contribution < -0.4 is 9.62 Å². The largest absolute Gasteiger partial charge is 0.321 e. The second kappa shape index (κ2) is 9.96. The second-order valence-electron chi connectivity index (χ2n) is 6.47. The van der Waals surface area contributed by atoms with Crippen molar-refractivity contribution in [3.8, 4) is 0 Å². The van der Waals surface area contributed by atoms with Crippen LogP contribution in [0.4, 0.5) is 11.4 Å². The van der Waals surface area contributed by atoms with Gasteiger partial charge in [-0.25, -0.2) is 8.42 Å². The number of halogens is 2. The summed E-state index contributed by atoms with van der Waals surface area (Å²) in [5.41, 5.74) is 1.27. The highest BCUT2D eigenvalue weighted by molar-refractivity contribution is 7.98. The van der Waals surface area contributed by atoms with Gasteiger partial charge >= 0.3 is 0 Å². The summed E-state index contributed by atoms with van der Waals surface area (Å²) in [7, 11) is -3.73. The maximum absolute atomic E-state index is 13.1. The van der Waals surface area contributed by atoms with Gasteiger partial charge in [0, 0.05) is 22.0 Å². The van der Waals surface area contributed by atoms with Gasteiger partial charge in [-0.2, -0.15) is 0 Å². The Morgan fingerprint density at radius 1 is 1.00 bits per heavy atom. The Balaban J connectivity index is 1.81. The molecule has 0 atom stereocenters. The van der Waals surface area contributed by atoms with Crippen molar-refractivity contribution in [1.82, 2.24) is 0 Å². The Hall–Kier alpha value is -2.19. The van der Waals surface area contributed by atoms with E-state index in [1.54, 1.807) is 79.3 Å². The predicted octanol–water partition coefficient (Wildman–Crippen LogP) is 6.18. The molecule has 0 aromatic heterocycles. The van der Waals surface area contributed by atoms with Crippen LogP contribution >= 0.6 is 35.0 Å². The van der Waals surface area contributed by atoms with Gasteiger partial charge in [0.15, 0.2) is 0 Å². The molecule has 31 heavy (non-hydrogen) atoms. The SMILES string of the molecule is CCN(c1ccc(C(=O)Nc2ccc(Cl)cc2Cl)cc1)S(=O)(=O)c1ccc(SC)cc1. The average molecular weight is 495 g/mol. The van der Waals surface area contributed by atoms with Gasteiger partial charge in [0.05, 0.1) is 21.3 Å². The maximum atomic E-state index is 13.1. The molecule has 0 saturated carbocycles. The Morgan fingerprint density at radius 3 is 2.19 bits per heavy atom. The summed E-state index contributed by atoms with van der Waals surface area (Å²) in [4.78, 5) is 13.7. The van der Waals surface area contributed by atoms with E-state index < -0.39 is 10.0 Å². The molecule has 0 aliphatic carbocycles. The number of nitrogens with one attached hydrogen (secondary N) is 1. The first-order valence-electron chi connectivity index (χ1n) is 9.29. The zero-order chi connectivity index (χ0) is 22.6. The third-order valence-corrected chi connectivity index (χ3v) is 7.74. The molecule has 0 bridgehead atoms. The normalized spacial score (nSPS) is 11.2. The summed E-state index contributed by atoms with van der Waals surface area (Å²) in [6.45, 7) is 2.01. The number of carbonyl (C=O) groups excluding carboxylic acids is 1. The van der Waals surface area contributed by atoms with Crippen LogP contribution in [0.3, 0.4) is 0 Å². The lowest BCUT2D eigenvalue weighted by atomic mass is 10.2. The molecule has 0 aliphatic heterocycles. The number of nitrogens with zero attached hydrogens (tertiary/aromatic N) is 1. The van der Waals surface area contributed by atoms with Gasteiger partial charge in [0.25, 0.3) is 15.9 Å². The summed E-state index contributed by atoms with van der Waals surface area (Å²) < 4.78 is 27.5. The third-order valence-electron chi connectivity index (χ3n) is 4.53. The van der Waals surface area contributed by atoms with E-state index in [4.69, 9.17) is 23.2 Å². The highest BCUT2D eigenvalue weighted by Gasteiger charge is 2.23. The molecule has 0 unspecified atom stereocenters. The van der Waals surface area contributed by atoms with E-state index in [2.05, 4.69) is 5.32 Å². The lowest BCUT2D eigenvalue weighted by Gasteiger charge is -2.23. The van der Waals surface area contributed by atoms with Gasteiger partial charge in [0.2, 0.25) is 0 Å². The molecule has 3 aromatic rings. The summed E-state index contributed by atoms with van der Waals surface area (Å²) in [5, 5.41) is 3.52. The van der Waals surface area contributed by atoms with Crippen molar-refractivity contribution in [3.63, 3.8) is 0 Å². The standard InChI is InChI=1S/C22H20Cl2N2O3S2/c1-3-26(31(28,29)19-11-9-18(30-2)10-12-19)17-7-4-15(5-8-17)22(27)25-21-13-6-16(23)14-20(21)24/h4-14H,3H2,1-2H3,(H,25,27). The lowest BCUT2D eigenvalue weighted by Crippen LogP contribution is -2.30. The molecule has 3 rings (SSSR count). The molecule has 5 nitrogen and oxygen atoms in total. The van der Waals surface area contributed by atoms with E-state index in [0.717, 1.165) is 4.90 Å². The summed E-state index contributed by atoms with van der Waals surface area (Å²) in [6.07, 6.45) is 1.93. The Labute approximate surface area is 196 Å². The maximum Gasteiger partial charge on any atom is 0.264 e. The Bertz CT molecular complexity index is 1180. The Kier molecular flexibility index (Phi) is 7.54. The smallest absolute Gasteiger partial charge is 0.264 e. The van der Waals surface area contributed by atoms with E-state index in [1.165, 1.54) is 10.4 Å². The fraction of sp³-hybridized carbons (Fsp3) is 0.136. The monoisotopic (exact) mass is 494 g/mol. The number of hydrogen-bond donors (Lipinski definition) is 1. The average Bonchev–Trinajstić information content (AvgIpc) is 2.76. The van der Waals surface area contributed by atoms with Crippen molar-refractivity contribution in [2.75, 3.05) is 22.4 Å². The van der Waals surface area contributed by atoms with Crippen LogP contribution in [-0.4, -0.2) is 27.1 Å². The molecule has 3 aromatic carbocycles. The summed E-state index contributed by atoms with van der Waals surface area (Å²) in [5.74, 6) is -0.366. The summed E-state index contributed by atoms with van der Waals surface area (Å²) >= 11 is 13.5. The number of hydrogen-bond acceptors (Lipinski definition) is 4. The van der Waals surface area contributed by atoms with Crippen LogP contribution in [0.15, 0.2) is 76.5 Å². The molecule has 0 spiro atoms. The number of sulfonamides is 1. The van der Waals surface area contributed by atoms with Crippen LogP contribution in [0.2, 0.25) is 10.0 Å². The van der Waals surface area contributed by atoms with Crippen LogP contribution in [-0.2, 0) is 10.0 Å². The van der Waals surface area contributed by atoms with Gasteiger partial charge in [-0.15, -0.1) is 11.8 Å². The zero-order valence-corrected chi connectivity index (χ0v) is 19.9. The van der Waals surface area contributed by atoms with Crippen molar-refractivity contribution in [2.45, 2.75) is 16.7 Å². The quantitative estimate of drug-likeness (QED) is 0.398. The number of rotatable bonds is 7. The first-order valence-corrected chi connectivity index (χ1v) is 12.7. The van der Waals surface area contributed by atoms with E-state index in [-0.39, 0.29) is 17.3 Å². The van der Waals surface area contributed by atoms with Crippen LogP contribution in [0.1, 0.15) is 17.3 Å². The molecule has 0 saturated heterocycles. The molecule has 1 N–H and O–H groups in total. The van der Waals surface area contributed by atoms with Gasteiger partial charge in [-0.1, -0.05) is 23.2 Å². The van der Waals surface area contributed by atoms with Crippen LogP contribution in [0, 0.1) is 0 Å². The third kappa shape index (κ3) is 5.36. The first-order chi connectivity index (χ1) is 14.8. The second-order valence-corrected chi connectivity index (χ2v) is 10.1. The van der Waals surface area contributed by atoms with Crippen molar-refractivity contribution in [3.05, 3.63) is 82.3 Å². The number of amides is 1. The van der Waals surface area contributed by atoms with E-state index in [0.29, 0.717) is 27.0 Å². The molecular weight excluding hydrogens is 475 g/mol. The van der Waals surface area contributed by atoms with Crippen LogP contribution in [0.5, 0.6) is 0 Å². The predicted molar refractivity (Wildman–Crippen MR) is 129 cm³/mol. The highest BCUT2D eigenvalue weighted by Crippen LogP contribution is 2.28. The number of benzene rings is 3. The molecule has 0 heterocycles. The van der Waals surface area contributed by atoms with Crippen molar-refractivity contribution >= 4 is 62.3 Å². The van der Waals surface area contributed by atoms with Crippen LogP contribution in [0.25, 0.3) is 0 Å². The number of carbonyl (C=O) groups is 1. The first kappa shape index (κ1) is 23.5. The van der Waals surface area contributed by atoms with Gasteiger partial charge in [-0.3, -0.25) is 9.10 Å². The molecule has 0 radical (unpaired) electrons. The molecule has 162 valence electrons. The summed E-state index contributed by atoms with van der Waals surface area (Å²) in [6, 6.07) is 17.9. The number of thioether (sulfide) groups is 1. The highest BCUT2D eigenvalue weighted by atomic mass is 35.5. The van der Waals surface area contributed by atoms with Gasteiger partial charge in [-0.05, 0) is 79.9 Å². The Morgan fingerprint density at radius 2 is 1.65 bits per heavy atom. The molecule has 9 heteroatoms. The van der Waals surface area contributed by atoms with Crippen molar-refractivity contribution in [1.29, 1.82) is 0 Å². The fourth-order valence-corrected chi connectivity index (χ4v) is 5.27. The van der Waals surface area contributed by atoms with Crippen molar-refractivity contribution < 1.29 is 13.2 Å². The van der Waals surface area contributed by atoms with Gasteiger partial charge in [0.1, 0.15) is 0 Å². The zero-order valence-electron chi connectivity index (χ0n) is 16.8. The molecule has 0 fully saturated rings. The van der Waals surface area contributed by atoms with Gasteiger partial charge < -0.3 is 5.32 Å². The van der Waals surface area contributed by atoms with E-state index in [1.807, 2.05) is 6.26 Å². The molecule has 1 amide bonds. The van der Waals surface area contributed by atoms with Crippen molar-refractivity contribution in [2.24, 2.45) is 0 Å². The number of anilines is 2. The van der Waals surface area contributed by atoms with E-state index >= 15 is 0 Å². The minimum Gasteiger partial charge on any atom is -0.321 e. The topological polar surface area (TPSA) is 66.5 Å². The minimum absolute atomic E-state index is 0.214. The van der Waals surface area contributed by atoms with E-state index in [9.17, 15) is 13.2 Å². The molecule has 0 aliphatic rings. The minimum atomic E-state index is -3.73.